The molecule has 0 saturated carbocycles. The number of unbranched alkanes of at least 4 members (excludes halogenated alkanes) is 2. The number of benzene rings is 1. The first-order valence-electron chi connectivity index (χ1n) is 10.8. The maximum atomic E-state index is 12.6. The van der Waals surface area contributed by atoms with Gasteiger partial charge in [0.2, 0.25) is 16.0 Å². The summed E-state index contributed by atoms with van der Waals surface area (Å²) in [5, 5.41) is 0. The lowest BCUT2D eigenvalue weighted by molar-refractivity contribution is 0.435. The summed E-state index contributed by atoms with van der Waals surface area (Å²) in [6.45, 7) is 7.50. The number of pyridine rings is 1. The molecule has 176 valence electrons. The minimum absolute atomic E-state index is 0.0338. The number of aryl methyl sites for hydroxylation is 4. The summed E-state index contributed by atoms with van der Waals surface area (Å²) in [7, 11) is -2.02. The molecule has 33 heavy (non-hydrogen) atoms. The number of rotatable bonds is 9. The Morgan fingerprint density at radius 2 is 1.73 bits per heavy atom. The van der Waals surface area contributed by atoms with Crippen LogP contribution in [0.15, 0.2) is 35.3 Å². The molecule has 0 amide bonds. The van der Waals surface area contributed by atoms with E-state index in [1.54, 1.807) is 26.2 Å². The molecule has 0 aliphatic carbocycles. The second kappa shape index (κ2) is 10.1. The van der Waals surface area contributed by atoms with Crippen molar-refractivity contribution < 1.29 is 13.2 Å². The lowest BCUT2D eigenvalue weighted by Gasteiger charge is -2.13. The van der Waals surface area contributed by atoms with E-state index in [-0.39, 0.29) is 29.1 Å². The highest BCUT2D eigenvalue weighted by molar-refractivity contribution is 7.92. The molecule has 2 heterocycles. The van der Waals surface area contributed by atoms with Crippen molar-refractivity contribution in [3.05, 3.63) is 57.5 Å². The van der Waals surface area contributed by atoms with E-state index < -0.39 is 10.0 Å². The molecule has 0 fully saturated rings. The number of anilines is 1. The number of sulfonamides is 1. The lowest BCUT2D eigenvalue weighted by atomic mass is 10.1. The largest absolute Gasteiger partial charge is 0.424 e. The fraction of sp³-hybridized carbons (Fsp3) is 0.391. The molecule has 0 bridgehead atoms. The Morgan fingerprint density at radius 1 is 1.03 bits per heavy atom. The monoisotopic (exact) mass is 471 g/mol. The molecule has 3 aromatic rings. The Kier molecular flexibility index (Phi) is 7.47. The molecule has 0 radical (unpaired) electrons. The smallest absolute Gasteiger partial charge is 0.327 e. The molecule has 1 aromatic carbocycles. The molecule has 0 aliphatic rings. The molecule has 0 atom stereocenters. The van der Waals surface area contributed by atoms with Gasteiger partial charge in [-0.1, -0.05) is 38.0 Å². The number of nitrogens with zero attached hydrogens (tertiary/aromatic N) is 4. The highest BCUT2D eigenvalue weighted by Gasteiger charge is 2.18. The van der Waals surface area contributed by atoms with Crippen LogP contribution in [0.2, 0.25) is 0 Å². The van der Waals surface area contributed by atoms with Crippen molar-refractivity contribution in [3.63, 3.8) is 0 Å². The summed E-state index contributed by atoms with van der Waals surface area (Å²) in [5.41, 5.74) is 2.67. The summed E-state index contributed by atoms with van der Waals surface area (Å²) in [4.78, 5) is 25.0. The topological polar surface area (TPSA) is 116 Å². The van der Waals surface area contributed by atoms with Crippen LogP contribution in [0.25, 0.3) is 11.4 Å². The molecule has 2 aromatic heterocycles. The molecule has 9 nitrogen and oxygen atoms in total. The molecule has 0 aliphatic heterocycles. The first-order chi connectivity index (χ1) is 15.6. The second-order valence-electron chi connectivity index (χ2n) is 8.04. The van der Waals surface area contributed by atoms with Gasteiger partial charge in [-0.15, -0.1) is 0 Å². The van der Waals surface area contributed by atoms with Gasteiger partial charge in [-0.3, -0.25) is 9.52 Å². The van der Waals surface area contributed by atoms with Crippen molar-refractivity contribution in [1.82, 2.24) is 19.5 Å². The van der Waals surface area contributed by atoms with Crippen LogP contribution in [0.1, 0.15) is 42.9 Å². The molecule has 0 unspecified atom stereocenters. The van der Waals surface area contributed by atoms with E-state index in [4.69, 9.17) is 4.74 Å². The third kappa shape index (κ3) is 6.16. The van der Waals surface area contributed by atoms with Crippen LogP contribution in [0.3, 0.4) is 0 Å². The van der Waals surface area contributed by atoms with Gasteiger partial charge in [0, 0.05) is 24.4 Å². The third-order valence-electron chi connectivity index (χ3n) is 5.10. The van der Waals surface area contributed by atoms with Gasteiger partial charge < -0.3 is 9.30 Å². The highest BCUT2D eigenvalue weighted by Crippen LogP contribution is 2.28. The van der Waals surface area contributed by atoms with Crippen LogP contribution in [-0.2, 0) is 17.1 Å². The van der Waals surface area contributed by atoms with E-state index in [1.807, 2.05) is 39.0 Å². The number of aromatic nitrogens is 4. The van der Waals surface area contributed by atoms with Gasteiger partial charge in [-0.25, -0.2) is 8.42 Å². The van der Waals surface area contributed by atoms with Gasteiger partial charge in [0.25, 0.3) is 5.56 Å². The number of para-hydroxylation sites is 1. The Balaban J connectivity index is 2.06. The van der Waals surface area contributed by atoms with Gasteiger partial charge in [0.1, 0.15) is 5.75 Å². The predicted octanol–water partition coefficient (Wildman–Crippen LogP) is 3.89. The lowest BCUT2D eigenvalue weighted by Crippen LogP contribution is -2.20. The third-order valence-corrected chi connectivity index (χ3v) is 6.42. The van der Waals surface area contributed by atoms with Gasteiger partial charge in [-0.2, -0.15) is 15.0 Å². The molecule has 3 rings (SSSR count). The molecule has 10 heteroatoms. The minimum atomic E-state index is -3.65. The molecule has 0 spiro atoms. The van der Waals surface area contributed by atoms with Crippen molar-refractivity contribution in [1.29, 1.82) is 0 Å². The Bertz CT molecular complexity index is 1270. The van der Waals surface area contributed by atoms with Crippen LogP contribution in [0.5, 0.6) is 11.8 Å². The second-order valence-corrected chi connectivity index (χ2v) is 9.89. The number of hydrogen-bond acceptors (Lipinski definition) is 7. The van der Waals surface area contributed by atoms with Crippen LogP contribution in [-0.4, -0.2) is 33.7 Å². The predicted molar refractivity (Wildman–Crippen MR) is 128 cm³/mol. The Hall–Kier alpha value is -3.27. The fourth-order valence-electron chi connectivity index (χ4n) is 3.36. The van der Waals surface area contributed by atoms with Gasteiger partial charge in [0.15, 0.2) is 5.82 Å². The first kappa shape index (κ1) is 24.4. The average molecular weight is 472 g/mol. The van der Waals surface area contributed by atoms with Crippen LogP contribution >= 0.6 is 0 Å². The van der Waals surface area contributed by atoms with Crippen LogP contribution < -0.4 is 15.0 Å². The SMILES string of the molecule is CCCCCS(=O)(=O)Nc1nc(Oc2c(C)cccc2C)nc(-c2cc(C)c(=O)n(C)c2)n1. The van der Waals surface area contributed by atoms with E-state index in [9.17, 15) is 13.2 Å². The fourth-order valence-corrected chi connectivity index (χ4v) is 4.42. The maximum Gasteiger partial charge on any atom is 0.327 e. The van der Waals surface area contributed by atoms with Crippen molar-refractivity contribution in [2.75, 3.05) is 10.5 Å². The summed E-state index contributed by atoms with van der Waals surface area (Å²) in [6, 6.07) is 7.32. The molecular formula is C23H29N5O4S. The minimum Gasteiger partial charge on any atom is -0.424 e. The first-order valence-corrected chi connectivity index (χ1v) is 12.4. The Labute approximate surface area is 194 Å². The molecular weight excluding hydrogens is 442 g/mol. The van der Waals surface area contributed by atoms with Crippen molar-refractivity contribution >= 4 is 16.0 Å². The number of nitrogens with one attached hydrogen (secondary N) is 1. The summed E-state index contributed by atoms with van der Waals surface area (Å²) >= 11 is 0. The van der Waals surface area contributed by atoms with Crippen LogP contribution in [0.4, 0.5) is 5.95 Å². The zero-order chi connectivity index (χ0) is 24.2. The summed E-state index contributed by atoms with van der Waals surface area (Å²) in [5.74, 6) is 0.608. The van der Waals surface area contributed by atoms with Gasteiger partial charge in [0.05, 0.1) is 5.75 Å². The van der Waals surface area contributed by atoms with Crippen molar-refractivity contribution in [2.45, 2.75) is 47.0 Å². The summed E-state index contributed by atoms with van der Waals surface area (Å²) < 4.78 is 35.0. The average Bonchev–Trinajstić information content (AvgIpc) is 2.74. The highest BCUT2D eigenvalue weighted by atomic mass is 32.2. The van der Waals surface area contributed by atoms with E-state index in [2.05, 4.69) is 19.7 Å². The van der Waals surface area contributed by atoms with Crippen molar-refractivity contribution in [3.8, 4) is 23.1 Å². The van der Waals surface area contributed by atoms with E-state index >= 15 is 0 Å². The van der Waals surface area contributed by atoms with E-state index in [0.717, 1.165) is 24.0 Å². The number of hydrogen-bond donors (Lipinski definition) is 1. The van der Waals surface area contributed by atoms with Gasteiger partial charge >= 0.3 is 6.01 Å². The van der Waals surface area contributed by atoms with Crippen LogP contribution in [0, 0.1) is 20.8 Å². The Morgan fingerprint density at radius 3 is 2.36 bits per heavy atom. The normalized spacial score (nSPS) is 11.4. The molecule has 0 saturated heterocycles. The quantitative estimate of drug-likeness (QED) is 0.471. The maximum absolute atomic E-state index is 12.6. The number of ether oxygens (including phenoxy) is 1. The van der Waals surface area contributed by atoms with E-state index in [0.29, 0.717) is 23.3 Å². The zero-order valence-corrected chi connectivity index (χ0v) is 20.4. The van der Waals surface area contributed by atoms with E-state index in [1.165, 1.54) is 4.57 Å². The zero-order valence-electron chi connectivity index (χ0n) is 19.5. The summed E-state index contributed by atoms with van der Waals surface area (Å²) in [6.07, 6.45) is 3.84. The molecule has 1 N–H and O–H groups in total. The van der Waals surface area contributed by atoms with Gasteiger partial charge in [-0.05, 0) is 44.4 Å². The van der Waals surface area contributed by atoms with Crippen molar-refractivity contribution in [2.24, 2.45) is 7.05 Å². The standard InChI is InChI=1S/C23H29N5O4S/c1-6-7-8-12-33(30,31)27-22-24-20(18-13-17(4)21(29)28(5)14-18)25-23(26-22)32-19-15(2)10-9-11-16(19)3/h9-11,13-14H,6-8,12H2,1-5H3,(H,24,25,26,27).